The summed E-state index contributed by atoms with van der Waals surface area (Å²) < 4.78 is 6.64. The second kappa shape index (κ2) is 6.97. The molecule has 3 nitrogen and oxygen atoms in total. The van der Waals surface area contributed by atoms with Crippen molar-refractivity contribution in [2.24, 2.45) is 0 Å². The van der Waals surface area contributed by atoms with Gasteiger partial charge in [-0.05, 0) is 44.2 Å². The molecular formula is C23H33NO2Si2. The number of benzene rings is 2. The summed E-state index contributed by atoms with van der Waals surface area (Å²) in [6, 6.07) is 16.6. The zero-order chi connectivity index (χ0) is 20.9. The number of nitrogens with zero attached hydrogens (tertiary/aromatic N) is 1. The molecule has 1 aliphatic heterocycles. The van der Waals surface area contributed by atoms with Crippen LogP contribution in [0.3, 0.4) is 0 Å². The van der Waals surface area contributed by atoms with Gasteiger partial charge in [0.25, 0.3) is 5.91 Å². The third kappa shape index (κ3) is 3.75. The zero-order valence-electron chi connectivity index (χ0n) is 18.5. The molecule has 1 unspecified atom stereocenters. The number of fused-ring (bicyclic) bond motifs is 1. The van der Waals surface area contributed by atoms with Crippen LogP contribution in [0.25, 0.3) is 0 Å². The van der Waals surface area contributed by atoms with E-state index >= 15 is 0 Å². The highest BCUT2D eigenvalue weighted by Gasteiger charge is 2.48. The van der Waals surface area contributed by atoms with Crippen molar-refractivity contribution in [3.05, 3.63) is 65.2 Å². The number of hydrogen-bond acceptors (Lipinski definition) is 2. The first-order chi connectivity index (χ1) is 12.8. The topological polar surface area (TPSA) is 29.5 Å². The smallest absolute Gasteiger partial charge is 0.257 e. The number of carbonyl (C=O) groups is 1. The normalized spacial score (nSPS) is 17.8. The number of hydrogen-bond donors (Lipinski definition) is 0. The fraction of sp³-hybridized carbons (Fsp3) is 0.435. The van der Waals surface area contributed by atoms with Gasteiger partial charge in [0.05, 0.1) is 13.6 Å². The maximum Gasteiger partial charge on any atom is 0.257 e. The van der Waals surface area contributed by atoms with Crippen LogP contribution in [0.4, 0.5) is 0 Å². The molecule has 0 aliphatic carbocycles. The molecule has 0 N–H and O–H groups in total. The van der Waals surface area contributed by atoms with Gasteiger partial charge in [0, 0.05) is 11.1 Å². The highest BCUT2D eigenvalue weighted by molar-refractivity contribution is 6.89. The van der Waals surface area contributed by atoms with E-state index in [4.69, 9.17) is 4.43 Å². The monoisotopic (exact) mass is 411 g/mol. The predicted molar refractivity (Wildman–Crippen MR) is 122 cm³/mol. The lowest BCUT2D eigenvalue weighted by molar-refractivity contribution is -0.0204. The Bertz CT molecular complexity index is 880. The van der Waals surface area contributed by atoms with Crippen molar-refractivity contribution in [1.29, 1.82) is 0 Å². The molecule has 150 valence electrons. The molecule has 0 bridgehead atoms. The molecule has 0 aromatic heterocycles. The van der Waals surface area contributed by atoms with E-state index in [2.05, 4.69) is 83.5 Å². The van der Waals surface area contributed by atoms with Crippen molar-refractivity contribution in [3.8, 4) is 0 Å². The highest BCUT2D eigenvalue weighted by atomic mass is 28.4. The summed E-state index contributed by atoms with van der Waals surface area (Å²) in [6.07, 6.45) is -0.333. The minimum Gasteiger partial charge on any atom is -0.394 e. The summed E-state index contributed by atoms with van der Waals surface area (Å²) in [7, 11) is -3.57. The molecule has 0 saturated heterocycles. The van der Waals surface area contributed by atoms with E-state index in [1.807, 2.05) is 23.1 Å². The van der Waals surface area contributed by atoms with Gasteiger partial charge in [0.15, 0.2) is 8.32 Å². The SMILES string of the molecule is CC(C)(c1ccccc1)N1C(=O)c2c(cccc2[Si](C)(C)C)C1O[Si](C)(C)C. The molecule has 2 aromatic carbocycles. The van der Waals surface area contributed by atoms with Crippen molar-refractivity contribution in [2.75, 3.05) is 0 Å². The Morgan fingerprint density at radius 1 is 0.893 bits per heavy atom. The molecule has 1 aliphatic rings. The van der Waals surface area contributed by atoms with Crippen LogP contribution >= 0.6 is 0 Å². The first kappa shape index (κ1) is 21.0. The quantitative estimate of drug-likeness (QED) is 0.610. The average Bonchev–Trinajstić information content (AvgIpc) is 2.86. The lowest BCUT2D eigenvalue weighted by Gasteiger charge is -2.42. The Kier molecular flexibility index (Phi) is 5.23. The van der Waals surface area contributed by atoms with Gasteiger partial charge in [-0.15, -0.1) is 0 Å². The maximum absolute atomic E-state index is 13.9. The molecule has 28 heavy (non-hydrogen) atoms. The van der Waals surface area contributed by atoms with E-state index in [1.165, 1.54) is 5.19 Å². The van der Waals surface area contributed by atoms with Crippen LogP contribution in [0.15, 0.2) is 48.5 Å². The molecule has 3 rings (SSSR count). The van der Waals surface area contributed by atoms with Crippen LogP contribution in [-0.2, 0) is 9.96 Å². The Morgan fingerprint density at radius 2 is 1.50 bits per heavy atom. The van der Waals surface area contributed by atoms with Gasteiger partial charge in [-0.1, -0.05) is 68.2 Å². The van der Waals surface area contributed by atoms with E-state index in [-0.39, 0.29) is 12.1 Å². The molecular weight excluding hydrogens is 378 g/mol. The summed E-state index contributed by atoms with van der Waals surface area (Å²) in [5.74, 6) is 0.102. The van der Waals surface area contributed by atoms with Gasteiger partial charge in [-0.2, -0.15) is 0 Å². The summed E-state index contributed by atoms with van der Waals surface area (Å²) in [5, 5.41) is 1.23. The summed E-state index contributed by atoms with van der Waals surface area (Å²) in [6.45, 7) is 17.7. The zero-order valence-corrected chi connectivity index (χ0v) is 20.5. The van der Waals surface area contributed by atoms with Crippen molar-refractivity contribution in [2.45, 2.75) is 64.9 Å². The van der Waals surface area contributed by atoms with Gasteiger partial charge in [0.1, 0.15) is 6.23 Å². The second-order valence-corrected chi connectivity index (χ2v) is 19.7. The highest BCUT2D eigenvalue weighted by Crippen LogP contribution is 2.44. The van der Waals surface area contributed by atoms with Crippen LogP contribution in [0, 0.1) is 0 Å². The third-order valence-electron chi connectivity index (χ3n) is 5.39. The fourth-order valence-corrected chi connectivity index (χ4v) is 6.49. The molecule has 0 fully saturated rings. The molecule has 5 heteroatoms. The number of carbonyl (C=O) groups excluding carboxylic acids is 1. The van der Waals surface area contributed by atoms with E-state index in [9.17, 15) is 4.79 Å². The molecule has 1 atom stereocenters. The van der Waals surface area contributed by atoms with Gasteiger partial charge in [-0.3, -0.25) is 4.79 Å². The molecule has 2 aromatic rings. The van der Waals surface area contributed by atoms with Gasteiger partial charge >= 0.3 is 0 Å². The third-order valence-corrected chi connectivity index (χ3v) is 8.35. The van der Waals surface area contributed by atoms with Crippen LogP contribution in [0.2, 0.25) is 39.3 Å². The molecule has 1 heterocycles. The lowest BCUT2D eigenvalue weighted by Crippen LogP contribution is -2.48. The van der Waals surface area contributed by atoms with E-state index in [1.54, 1.807) is 0 Å². The van der Waals surface area contributed by atoms with Gasteiger partial charge in [-0.25, -0.2) is 0 Å². The van der Waals surface area contributed by atoms with E-state index < -0.39 is 21.9 Å². The molecule has 0 spiro atoms. The largest absolute Gasteiger partial charge is 0.394 e. The summed E-state index contributed by atoms with van der Waals surface area (Å²) in [5.41, 5.74) is 2.57. The first-order valence-electron chi connectivity index (χ1n) is 10.0. The van der Waals surface area contributed by atoms with Gasteiger partial charge in [0.2, 0.25) is 0 Å². The fourth-order valence-electron chi connectivity index (χ4n) is 3.99. The first-order valence-corrected chi connectivity index (χ1v) is 17.0. The lowest BCUT2D eigenvalue weighted by atomic mass is 9.92. The van der Waals surface area contributed by atoms with Crippen LogP contribution < -0.4 is 5.19 Å². The minimum atomic E-state index is -1.89. The molecule has 0 radical (unpaired) electrons. The second-order valence-electron chi connectivity index (χ2n) is 10.2. The van der Waals surface area contributed by atoms with Crippen molar-refractivity contribution in [3.63, 3.8) is 0 Å². The van der Waals surface area contributed by atoms with Crippen molar-refractivity contribution in [1.82, 2.24) is 4.90 Å². The number of rotatable bonds is 5. The van der Waals surface area contributed by atoms with Crippen LogP contribution in [0.5, 0.6) is 0 Å². The summed E-state index contributed by atoms with van der Waals surface area (Å²) >= 11 is 0. The standard InChI is InChI=1S/C23H33NO2Si2/c1-23(2,17-13-10-9-11-14-17)24-21(25)20-18(22(24)26-28(6,7)8)15-12-16-19(20)27(3,4)5/h9-16,22H,1-8H3. The van der Waals surface area contributed by atoms with Crippen molar-refractivity contribution >= 4 is 27.5 Å². The Hall–Kier alpha value is -1.70. The molecule has 0 saturated carbocycles. The van der Waals surface area contributed by atoms with Crippen molar-refractivity contribution < 1.29 is 9.22 Å². The van der Waals surface area contributed by atoms with Crippen LogP contribution in [-0.4, -0.2) is 27.2 Å². The Morgan fingerprint density at radius 3 is 2.04 bits per heavy atom. The van der Waals surface area contributed by atoms with Crippen LogP contribution in [0.1, 0.15) is 41.6 Å². The minimum absolute atomic E-state index is 0.102. The average molecular weight is 412 g/mol. The Labute approximate surface area is 171 Å². The maximum atomic E-state index is 13.9. The Balaban J connectivity index is 2.21. The molecule has 1 amide bonds. The van der Waals surface area contributed by atoms with Gasteiger partial charge < -0.3 is 9.33 Å². The van der Waals surface area contributed by atoms with E-state index in [0.29, 0.717) is 0 Å². The summed E-state index contributed by atoms with van der Waals surface area (Å²) in [4.78, 5) is 15.8. The van der Waals surface area contributed by atoms with E-state index in [0.717, 1.165) is 16.7 Å². The predicted octanol–water partition coefficient (Wildman–Crippen LogP) is 5.47. The number of amides is 1.